The third-order valence-electron chi connectivity index (χ3n) is 1.63. The van der Waals surface area contributed by atoms with Gasteiger partial charge in [-0.15, -0.1) is 0 Å². The molecule has 1 aromatic rings. The summed E-state index contributed by atoms with van der Waals surface area (Å²) < 4.78 is 0. The fourth-order valence-electron chi connectivity index (χ4n) is 0.965. The van der Waals surface area contributed by atoms with Gasteiger partial charge in [-0.25, -0.2) is 0 Å². The normalized spacial score (nSPS) is 9.55. The summed E-state index contributed by atoms with van der Waals surface area (Å²) >= 11 is 3.45. The monoisotopic (exact) mass is 165 g/mol. The molecule has 0 aromatic heterocycles. The second-order valence-electron chi connectivity index (χ2n) is 2.45. The van der Waals surface area contributed by atoms with Crippen LogP contribution in [-0.4, -0.2) is 5.75 Å². The summed E-state index contributed by atoms with van der Waals surface area (Å²) in [6.45, 7) is 3.70. The number of hydrogen-bond donors (Lipinski definition) is 0. The smallest absolute Gasteiger partial charge is 0.0985 e. The van der Waals surface area contributed by atoms with Crippen LogP contribution in [0, 0.1) is 0 Å². The highest BCUT2D eigenvalue weighted by Gasteiger charge is 1.91. The summed E-state index contributed by atoms with van der Waals surface area (Å²) in [6.07, 6.45) is 2.95. The van der Waals surface area contributed by atoms with Crippen LogP contribution < -0.4 is 0 Å². The van der Waals surface area contributed by atoms with E-state index in [-0.39, 0.29) is 0 Å². The van der Waals surface area contributed by atoms with Crippen molar-refractivity contribution in [1.82, 2.24) is 0 Å². The summed E-state index contributed by atoms with van der Waals surface area (Å²) in [5.41, 5.74) is 2.55. The van der Waals surface area contributed by atoms with Gasteiger partial charge in [0.25, 0.3) is 0 Å². The molecule has 0 amide bonds. The molecule has 0 radical (unpaired) electrons. The predicted molar refractivity (Wildman–Crippen MR) is 55.3 cm³/mol. The lowest BCUT2D eigenvalue weighted by Crippen LogP contribution is -1.87. The average molecular weight is 165 g/mol. The third-order valence-corrected chi connectivity index (χ3v) is 1.88. The van der Waals surface area contributed by atoms with Crippen molar-refractivity contribution >= 4 is 18.7 Å². The Morgan fingerprint density at radius 1 is 1.27 bits per heavy atom. The second-order valence-corrected chi connectivity index (χ2v) is 2.95. The van der Waals surface area contributed by atoms with E-state index in [4.69, 9.17) is 0 Å². The standard InChI is InChI=1S/C10H12S/c1-2-9-3-5-10(6-4-9)7-8-11/h2-6,11H,1,7-8H2/p+1. The van der Waals surface area contributed by atoms with Crippen molar-refractivity contribution in [1.29, 1.82) is 0 Å². The summed E-state index contributed by atoms with van der Waals surface area (Å²) in [6, 6.07) is 8.45. The Labute approximate surface area is 73.4 Å². The molecular formula is C10H13S+. The highest BCUT2D eigenvalue weighted by atomic mass is 32.1. The molecule has 0 nitrogen and oxygen atoms in total. The fourth-order valence-corrected chi connectivity index (χ4v) is 1.25. The zero-order chi connectivity index (χ0) is 8.10. The van der Waals surface area contributed by atoms with Gasteiger partial charge in [0.1, 0.15) is 5.75 Å². The van der Waals surface area contributed by atoms with Gasteiger partial charge in [0.2, 0.25) is 0 Å². The number of hydrogen-bond acceptors (Lipinski definition) is 0. The molecule has 0 bridgehead atoms. The van der Waals surface area contributed by atoms with Gasteiger partial charge >= 0.3 is 0 Å². The minimum absolute atomic E-state index is 1.02. The van der Waals surface area contributed by atoms with Crippen LogP contribution in [0.4, 0.5) is 0 Å². The SMILES string of the molecule is C=Cc1ccc(CC[SH2+])cc1. The summed E-state index contributed by atoms with van der Waals surface area (Å²) in [5, 5.41) is 0. The number of rotatable bonds is 3. The zero-order valence-electron chi connectivity index (χ0n) is 6.51. The molecule has 0 unspecified atom stereocenters. The van der Waals surface area contributed by atoms with Crippen LogP contribution in [0.3, 0.4) is 0 Å². The van der Waals surface area contributed by atoms with E-state index in [2.05, 4.69) is 43.5 Å². The highest BCUT2D eigenvalue weighted by molar-refractivity contribution is 7.58. The quantitative estimate of drug-likeness (QED) is 0.600. The van der Waals surface area contributed by atoms with Gasteiger partial charge in [0.15, 0.2) is 0 Å². The Bertz CT molecular complexity index is 223. The maximum absolute atomic E-state index is 3.70. The lowest BCUT2D eigenvalue weighted by atomic mass is 10.1. The first-order valence-electron chi connectivity index (χ1n) is 3.73. The van der Waals surface area contributed by atoms with E-state index >= 15 is 0 Å². The summed E-state index contributed by atoms with van der Waals surface area (Å²) in [5.74, 6) is 1.02. The first-order chi connectivity index (χ1) is 5.36. The van der Waals surface area contributed by atoms with Crippen molar-refractivity contribution in [3.05, 3.63) is 42.0 Å². The van der Waals surface area contributed by atoms with Crippen molar-refractivity contribution in [2.75, 3.05) is 5.75 Å². The highest BCUT2D eigenvalue weighted by Crippen LogP contribution is 2.05. The van der Waals surface area contributed by atoms with Crippen molar-refractivity contribution in [3.63, 3.8) is 0 Å². The Balaban J connectivity index is 2.74. The van der Waals surface area contributed by atoms with Crippen LogP contribution in [-0.2, 0) is 19.0 Å². The van der Waals surface area contributed by atoms with Crippen molar-refractivity contribution < 1.29 is 0 Å². The molecule has 0 N–H and O–H groups in total. The lowest BCUT2D eigenvalue weighted by molar-refractivity contribution is 1.16. The topological polar surface area (TPSA) is 0 Å². The maximum atomic E-state index is 3.70. The van der Waals surface area contributed by atoms with E-state index in [0.29, 0.717) is 0 Å². The second kappa shape index (κ2) is 4.24. The Hall–Kier alpha value is -0.690. The fraction of sp³-hybridized carbons (Fsp3) is 0.200. The van der Waals surface area contributed by atoms with E-state index in [0.717, 1.165) is 12.2 Å². The molecular weight excluding hydrogens is 152 g/mol. The van der Waals surface area contributed by atoms with E-state index < -0.39 is 0 Å². The largest absolute Gasteiger partial charge is 0.107 e. The van der Waals surface area contributed by atoms with Crippen molar-refractivity contribution in [2.45, 2.75) is 6.42 Å². The Morgan fingerprint density at radius 2 is 1.91 bits per heavy atom. The van der Waals surface area contributed by atoms with Crippen molar-refractivity contribution in [2.24, 2.45) is 0 Å². The Morgan fingerprint density at radius 3 is 2.36 bits per heavy atom. The number of aryl methyl sites for hydroxylation is 1. The van der Waals surface area contributed by atoms with E-state index in [1.54, 1.807) is 0 Å². The van der Waals surface area contributed by atoms with Gasteiger partial charge in [-0.3, -0.25) is 0 Å². The van der Waals surface area contributed by atoms with Gasteiger partial charge in [0, 0.05) is 6.42 Å². The molecule has 0 atom stereocenters. The van der Waals surface area contributed by atoms with Gasteiger partial charge < -0.3 is 0 Å². The molecule has 0 saturated carbocycles. The van der Waals surface area contributed by atoms with Crippen LogP contribution in [0.25, 0.3) is 6.08 Å². The van der Waals surface area contributed by atoms with Gasteiger partial charge in [-0.1, -0.05) is 36.9 Å². The molecule has 0 aliphatic heterocycles. The first kappa shape index (κ1) is 8.41. The molecule has 1 heteroatoms. The molecule has 0 spiro atoms. The van der Waals surface area contributed by atoms with Crippen LogP contribution in [0.15, 0.2) is 30.8 Å². The molecule has 58 valence electrons. The first-order valence-corrected chi connectivity index (χ1v) is 4.43. The van der Waals surface area contributed by atoms with Crippen LogP contribution in [0.2, 0.25) is 0 Å². The molecule has 0 fully saturated rings. The summed E-state index contributed by atoms with van der Waals surface area (Å²) in [7, 11) is 0. The zero-order valence-corrected chi connectivity index (χ0v) is 7.51. The van der Waals surface area contributed by atoms with E-state index in [1.165, 1.54) is 11.1 Å². The van der Waals surface area contributed by atoms with Crippen LogP contribution >= 0.6 is 0 Å². The Kier molecular flexibility index (Phi) is 3.24. The van der Waals surface area contributed by atoms with Crippen LogP contribution in [0.5, 0.6) is 0 Å². The minimum Gasteiger partial charge on any atom is -0.0985 e. The van der Waals surface area contributed by atoms with Crippen LogP contribution in [0.1, 0.15) is 11.1 Å². The number of benzene rings is 1. The molecule has 0 heterocycles. The van der Waals surface area contributed by atoms with Gasteiger partial charge in [0.05, 0.1) is 0 Å². The van der Waals surface area contributed by atoms with E-state index in [1.807, 2.05) is 6.08 Å². The minimum atomic E-state index is 1.02. The average Bonchev–Trinajstić information content (AvgIpc) is 2.07. The molecule has 0 aliphatic rings. The predicted octanol–water partition coefficient (Wildman–Crippen LogP) is 1.88. The molecule has 1 aromatic carbocycles. The lowest BCUT2D eigenvalue weighted by Gasteiger charge is -1.96. The van der Waals surface area contributed by atoms with Gasteiger partial charge in [-0.05, 0) is 23.8 Å². The molecule has 11 heavy (non-hydrogen) atoms. The van der Waals surface area contributed by atoms with E-state index in [9.17, 15) is 0 Å². The molecule has 0 aliphatic carbocycles. The maximum Gasteiger partial charge on any atom is 0.107 e. The molecule has 1 rings (SSSR count). The van der Waals surface area contributed by atoms with Crippen molar-refractivity contribution in [3.8, 4) is 0 Å². The third kappa shape index (κ3) is 2.43. The van der Waals surface area contributed by atoms with Gasteiger partial charge in [-0.2, -0.15) is 0 Å². The summed E-state index contributed by atoms with van der Waals surface area (Å²) in [4.78, 5) is 0. The molecule has 0 saturated heterocycles.